The number of nitrogens with one attached hydrogen (secondary N) is 1. The molecule has 0 atom stereocenters. The van der Waals surface area contributed by atoms with Gasteiger partial charge in [0.1, 0.15) is 12.4 Å². The average molecular weight is 332 g/mol. The van der Waals surface area contributed by atoms with Crippen LogP contribution < -0.4 is 4.74 Å². The molecule has 0 amide bonds. The molecule has 1 heterocycles. The Morgan fingerprint density at radius 2 is 1.83 bits per heavy atom. The van der Waals surface area contributed by atoms with Crippen molar-refractivity contribution in [2.24, 2.45) is 7.05 Å². The summed E-state index contributed by atoms with van der Waals surface area (Å²) in [6, 6.07) is 10.4. The van der Waals surface area contributed by atoms with Crippen molar-refractivity contribution in [3.63, 3.8) is 0 Å². The lowest BCUT2D eigenvalue weighted by molar-refractivity contribution is -0.137. The van der Waals surface area contributed by atoms with Crippen molar-refractivity contribution in [2.75, 3.05) is 0 Å². The minimum Gasteiger partial charge on any atom is -0.489 e. The summed E-state index contributed by atoms with van der Waals surface area (Å²) in [5.74, 6) is 0.608. The van der Waals surface area contributed by atoms with Crippen molar-refractivity contribution in [1.82, 2.24) is 4.57 Å². The van der Waals surface area contributed by atoms with Gasteiger partial charge in [0.05, 0.1) is 5.56 Å². The zero-order valence-corrected chi connectivity index (χ0v) is 12.9. The first-order valence-corrected chi connectivity index (χ1v) is 7.27. The summed E-state index contributed by atoms with van der Waals surface area (Å²) in [6.45, 7) is 0.177. The third-order valence-corrected chi connectivity index (χ3v) is 3.83. The van der Waals surface area contributed by atoms with Crippen LogP contribution in [0.15, 0.2) is 48.7 Å². The molecule has 0 aliphatic rings. The van der Waals surface area contributed by atoms with Crippen molar-refractivity contribution < 1.29 is 17.9 Å². The quantitative estimate of drug-likeness (QED) is 0.686. The van der Waals surface area contributed by atoms with Gasteiger partial charge in [-0.25, -0.2) is 0 Å². The predicted molar refractivity (Wildman–Crippen MR) is 86.6 cm³/mol. The number of aryl methyl sites for hydroxylation is 1. The minimum atomic E-state index is -4.33. The SMILES string of the molecule is Cn1cc(C=N)c2cc(OCc3ccc(C(F)(F)F)cc3)ccc21. The fraction of sp³-hybridized carbons (Fsp3) is 0.167. The molecule has 3 aromatic rings. The van der Waals surface area contributed by atoms with Crippen molar-refractivity contribution in [1.29, 1.82) is 5.41 Å². The Bertz CT molecular complexity index is 880. The highest BCUT2D eigenvalue weighted by atomic mass is 19.4. The van der Waals surface area contributed by atoms with Crippen molar-refractivity contribution in [3.05, 3.63) is 65.4 Å². The molecule has 124 valence electrons. The lowest BCUT2D eigenvalue weighted by atomic mass is 10.1. The maximum Gasteiger partial charge on any atom is 0.416 e. The second kappa shape index (κ2) is 6.03. The zero-order valence-electron chi connectivity index (χ0n) is 12.9. The molecule has 0 aliphatic heterocycles. The number of hydrogen-bond donors (Lipinski definition) is 1. The van der Waals surface area contributed by atoms with Crippen LogP contribution in [-0.4, -0.2) is 10.8 Å². The van der Waals surface area contributed by atoms with E-state index in [9.17, 15) is 13.2 Å². The molecule has 0 unspecified atom stereocenters. The first-order chi connectivity index (χ1) is 11.4. The summed E-state index contributed by atoms with van der Waals surface area (Å²) in [4.78, 5) is 0. The van der Waals surface area contributed by atoms with Crippen LogP contribution in [0.2, 0.25) is 0 Å². The van der Waals surface area contributed by atoms with E-state index < -0.39 is 11.7 Å². The summed E-state index contributed by atoms with van der Waals surface area (Å²) in [5.41, 5.74) is 1.75. The van der Waals surface area contributed by atoms with Gasteiger partial charge in [-0.15, -0.1) is 0 Å². The van der Waals surface area contributed by atoms with Gasteiger partial charge in [0, 0.05) is 35.9 Å². The number of fused-ring (bicyclic) bond motifs is 1. The number of rotatable bonds is 4. The molecule has 6 heteroatoms. The standard InChI is InChI=1S/C18H15F3N2O/c1-23-10-13(9-22)16-8-15(6-7-17(16)23)24-11-12-2-4-14(5-3-12)18(19,20)21/h2-10,22H,11H2,1H3. The van der Waals surface area contributed by atoms with E-state index in [1.54, 1.807) is 6.07 Å². The predicted octanol–water partition coefficient (Wildman–Crippen LogP) is 4.77. The molecule has 2 aromatic carbocycles. The summed E-state index contributed by atoms with van der Waals surface area (Å²) in [7, 11) is 1.90. The van der Waals surface area contributed by atoms with Crippen molar-refractivity contribution in [3.8, 4) is 5.75 Å². The molecular formula is C18H15F3N2O. The minimum absolute atomic E-state index is 0.177. The van der Waals surface area contributed by atoms with Gasteiger partial charge in [0.2, 0.25) is 0 Å². The lowest BCUT2D eigenvalue weighted by Gasteiger charge is -2.09. The summed E-state index contributed by atoms with van der Waals surface area (Å²) < 4.78 is 45.2. The molecule has 24 heavy (non-hydrogen) atoms. The Balaban J connectivity index is 1.77. The van der Waals surface area contributed by atoms with E-state index in [0.29, 0.717) is 11.3 Å². The van der Waals surface area contributed by atoms with Crippen LogP contribution in [0.4, 0.5) is 13.2 Å². The van der Waals surface area contributed by atoms with Gasteiger partial charge < -0.3 is 14.7 Å². The van der Waals surface area contributed by atoms with Crippen molar-refractivity contribution >= 4 is 17.1 Å². The first-order valence-electron chi connectivity index (χ1n) is 7.27. The molecular weight excluding hydrogens is 317 g/mol. The van der Waals surface area contributed by atoms with Gasteiger partial charge in [-0.2, -0.15) is 13.2 Å². The fourth-order valence-corrected chi connectivity index (χ4v) is 2.56. The number of alkyl halides is 3. The van der Waals surface area contributed by atoms with E-state index in [-0.39, 0.29) is 6.61 Å². The van der Waals surface area contributed by atoms with Gasteiger partial charge in [-0.1, -0.05) is 12.1 Å². The Morgan fingerprint density at radius 1 is 1.12 bits per heavy atom. The van der Waals surface area contributed by atoms with E-state index in [4.69, 9.17) is 10.1 Å². The molecule has 3 rings (SSSR count). The molecule has 1 N–H and O–H groups in total. The van der Waals surface area contributed by atoms with Crippen LogP contribution in [0.25, 0.3) is 10.9 Å². The molecule has 0 aliphatic carbocycles. The Kier molecular flexibility index (Phi) is 4.05. The maximum absolute atomic E-state index is 12.5. The van der Waals surface area contributed by atoms with Crippen molar-refractivity contribution in [2.45, 2.75) is 12.8 Å². The molecule has 0 spiro atoms. The Hall–Kier alpha value is -2.76. The van der Waals surface area contributed by atoms with Gasteiger partial charge in [-0.3, -0.25) is 0 Å². The van der Waals surface area contributed by atoms with Gasteiger partial charge >= 0.3 is 6.18 Å². The number of aromatic nitrogens is 1. The van der Waals surface area contributed by atoms with E-state index in [1.807, 2.05) is 29.9 Å². The highest BCUT2D eigenvalue weighted by Crippen LogP contribution is 2.29. The molecule has 0 saturated heterocycles. The van der Waals surface area contributed by atoms with Crippen LogP contribution in [0.1, 0.15) is 16.7 Å². The van der Waals surface area contributed by atoms with Gasteiger partial charge in [-0.05, 0) is 35.9 Å². The average Bonchev–Trinajstić information content (AvgIpc) is 2.88. The second-order valence-corrected chi connectivity index (χ2v) is 5.50. The van der Waals surface area contributed by atoms with Crippen LogP contribution in [0.3, 0.4) is 0 Å². The summed E-state index contributed by atoms with van der Waals surface area (Å²) in [6.07, 6.45) is -1.19. The number of nitrogens with zero attached hydrogens (tertiary/aromatic N) is 1. The fourth-order valence-electron chi connectivity index (χ4n) is 2.56. The topological polar surface area (TPSA) is 38.0 Å². The monoisotopic (exact) mass is 332 g/mol. The second-order valence-electron chi connectivity index (χ2n) is 5.50. The largest absolute Gasteiger partial charge is 0.489 e. The van der Waals surface area contributed by atoms with Gasteiger partial charge in [0.15, 0.2) is 0 Å². The third-order valence-electron chi connectivity index (χ3n) is 3.83. The van der Waals surface area contributed by atoms with E-state index in [0.717, 1.165) is 28.6 Å². The maximum atomic E-state index is 12.5. The highest BCUT2D eigenvalue weighted by molar-refractivity contribution is 5.99. The first kappa shape index (κ1) is 16.1. The van der Waals surface area contributed by atoms with Crippen LogP contribution in [0.5, 0.6) is 5.75 Å². The van der Waals surface area contributed by atoms with E-state index in [2.05, 4.69) is 0 Å². The molecule has 0 saturated carbocycles. The number of halogens is 3. The van der Waals surface area contributed by atoms with Crippen LogP contribution in [0, 0.1) is 5.41 Å². The zero-order chi connectivity index (χ0) is 17.3. The third kappa shape index (κ3) is 3.13. The van der Waals surface area contributed by atoms with E-state index in [1.165, 1.54) is 18.3 Å². The molecule has 0 fully saturated rings. The lowest BCUT2D eigenvalue weighted by Crippen LogP contribution is -2.05. The highest BCUT2D eigenvalue weighted by Gasteiger charge is 2.29. The van der Waals surface area contributed by atoms with Crippen LogP contribution >= 0.6 is 0 Å². The molecule has 3 nitrogen and oxygen atoms in total. The summed E-state index contributed by atoms with van der Waals surface area (Å²) in [5, 5.41) is 8.35. The summed E-state index contributed by atoms with van der Waals surface area (Å²) >= 11 is 0. The van der Waals surface area contributed by atoms with E-state index >= 15 is 0 Å². The molecule has 0 radical (unpaired) electrons. The van der Waals surface area contributed by atoms with Crippen LogP contribution in [-0.2, 0) is 19.8 Å². The number of benzene rings is 2. The molecule has 1 aromatic heterocycles. The number of ether oxygens (including phenoxy) is 1. The normalized spacial score (nSPS) is 11.7. The Labute approximate surface area is 136 Å². The Morgan fingerprint density at radius 3 is 2.46 bits per heavy atom. The smallest absolute Gasteiger partial charge is 0.416 e. The molecule has 0 bridgehead atoms. The van der Waals surface area contributed by atoms with Gasteiger partial charge in [0.25, 0.3) is 0 Å². The number of hydrogen-bond acceptors (Lipinski definition) is 2.